The fraction of sp³-hybridized carbons (Fsp3) is 0.524. The molecule has 1 fully saturated rings. The molecule has 3 rings (SSSR count). The van der Waals surface area contributed by atoms with Crippen LogP contribution in [0.5, 0.6) is 0 Å². The zero-order chi connectivity index (χ0) is 21.9. The van der Waals surface area contributed by atoms with Gasteiger partial charge in [0.05, 0.1) is 11.7 Å². The minimum absolute atomic E-state index is 0.0586. The van der Waals surface area contributed by atoms with Crippen LogP contribution in [-0.4, -0.2) is 50.1 Å². The number of likely N-dealkylation sites (tertiary alicyclic amines) is 1. The van der Waals surface area contributed by atoms with E-state index in [9.17, 15) is 9.59 Å². The zero-order valence-electron chi connectivity index (χ0n) is 17.6. The number of carbonyl (C=O) groups is 2. The summed E-state index contributed by atoms with van der Waals surface area (Å²) >= 11 is 6.15. The van der Waals surface area contributed by atoms with Gasteiger partial charge in [0.15, 0.2) is 0 Å². The van der Waals surface area contributed by atoms with Gasteiger partial charge in [-0.1, -0.05) is 32.4 Å². The summed E-state index contributed by atoms with van der Waals surface area (Å²) in [6.45, 7) is 6.96. The van der Waals surface area contributed by atoms with Crippen LogP contribution < -0.4 is 11.1 Å². The van der Waals surface area contributed by atoms with Crippen LogP contribution in [0.15, 0.2) is 30.9 Å². The van der Waals surface area contributed by atoms with Gasteiger partial charge in [-0.2, -0.15) is 5.10 Å². The predicted octanol–water partition coefficient (Wildman–Crippen LogP) is 2.29. The minimum atomic E-state index is -0.606. The molecule has 162 valence electrons. The number of halogens is 1. The molecule has 1 aromatic carbocycles. The van der Waals surface area contributed by atoms with Crippen molar-refractivity contribution in [3.63, 3.8) is 0 Å². The van der Waals surface area contributed by atoms with Gasteiger partial charge in [-0.05, 0) is 48.4 Å². The number of aromatic nitrogens is 3. The smallest absolute Gasteiger partial charge is 0.243 e. The van der Waals surface area contributed by atoms with Crippen molar-refractivity contribution in [2.75, 3.05) is 6.54 Å². The molecule has 2 unspecified atom stereocenters. The third kappa shape index (κ3) is 5.37. The molecule has 0 radical (unpaired) electrons. The number of nitrogens with zero attached hydrogens (tertiary/aromatic N) is 4. The van der Waals surface area contributed by atoms with Crippen LogP contribution in [0.25, 0.3) is 5.69 Å². The van der Waals surface area contributed by atoms with E-state index in [-0.39, 0.29) is 23.8 Å². The average Bonchev–Trinajstić information content (AvgIpc) is 3.36. The molecule has 30 heavy (non-hydrogen) atoms. The monoisotopic (exact) mass is 432 g/mol. The minimum Gasteiger partial charge on any atom is -0.350 e. The van der Waals surface area contributed by atoms with Crippen molar-refractivity contribution in [2.45, 2.75) is 58.7 Å². The molecule has 1 aliphatic heterocycles. The molecule has 3 N–H and O–H groups in total. The second kappa shape index (κ2) is 9.14. The van der Waals surface area contributed by atoms with Crippen molar-refractivity contribution < 1.29 is 9.59 Å². The molecule has 0 spiro atoms. The largest absolute Gasteiger partial charge is 0.350 e. The summed E-state index contributed by atoms with van der Waals surface area (Å²) < 4.78 is 1.62. The van der Waals surface area contributed by atoms with Gasteiger partial charge in [0.25, 0.3) is 0 Å². The summed E-state index contributed by atoms with van der Waals surface area (Å²) in [6, 6.07) is 4.27. The van der Waals surface area contributed by atoms with E-state index < -0.39 is 12.1 Å². The molecule has 1 aliphatic rings. The van der Waals surface area contributed by atoms with E-state index in [1.165, 1.54) is 6.33 Å². The summed E-state index contributed by atoms with van der Waals surface area (Å²) in [5.41, 5.74) is 7.68. The molecule has 2 amide bonds. The molecule has 1 aromatic heterocycles. The lowest BCUT2D eigenvalue weighted by molar-refractivity contribution is -0.139. The van der Waals surface area contributed by atoms with Crippen LogP contribution in [0.3, 0.4) is 0 Å². The van der Waals surface area contributed by atoms with Gasteiger partial charge in [-0.25, -0.2) is 9.67 Å². The highest BCUT2D eigenvalue weighted by Gasteiger charge is 2.37. The van der Waals surface area contributed by atoms with Crippen LogP contribution in [0.2, 0.25) is 5.02 Å². The Morgan fingerprint density at radius 1 is 1.37 bits per heavy atom. The average molecular weight is 433 g/mol. The first-order valence-electron chi connectivity index (χ1n) is 10.1. The zero-order valence-corrected chi connectivity index (χ0v) is 18.4. The number of benzene rings is 1. The van der Waals surface area contributed by atoms with Crippen molar-refractivity contribution in [1.29, 1.82) is 0 Å². The maximum absolute atomic E-state index is 12.9. The quantitative estimate of drug-likeness (QED) is 0.728. The molecule has 2 heterocycles. The van der Waals surface area contributed by atoms with Crippen LogP contribution in [0.1, 0.15) is 45.6 Å². The van der Waals surface area contributed by atoms with E-state index in [0.717, 1.165) is 17.7 Å². The van der Waals surface area contributed by atoms with Crippen molar-refractivity contribution in [3.8, 4) is 5.69 Å². The highest BCUT2D eigenvalue weighted by atomic mass is 35.5. The highest BCUT2D eigenvalue weighted by Crippen LogP contribution is 2.24. The predicted molar refractivity (Wildman–Crippen MR) is 115 cm³/mol. The number of hydrogen-bond acceptors (Lipinski definition) is 5. The van der Waals surface area contributed by atoms with Crippen molar-refractivity contribution in [2.24, 2.45) is 11.1 Å². The highest BCUT2D eigenvalue weighted by molar-refractivity contribution is 6.30. The molecular formula is C21H29ClN6O2. The SMILES string of the molecule is CC(C)(C)CC(N)C(=O)N1CCCC1C(=O)NCc1cc(Cl)ccc1-n1cncn1. The lowest BCUT2D eigenvalue weighted by Crippen LogP contribution is -2.51. The van der Waals surface area contributed by atoms with Crippen LogP contribution in [0.4, 0.5) is 0 Å². The number of rotatable bonds is 6. The molecular weight excluding hydrogens is 404 g/mol. The summed E-state index contributed by atoms with van der Waals surface area (Å²) in [4.78, 5) is 31.4. The topological polar surface area (TPSA) is 106 Å². The Labute approximate surface area is 181 Å². The van der Waals surface area contributed by atoms with E-state index in [0.29, 0.717) is 24.4 Å². The Bertz CT molecular complexity index is 893. The third-order valence-electron chi connectivity index (χ3n) is 5.15. The maximum Gasteiger partial charge on any atom is 0.243 e. The van der Waals surface area contributed by atoms with E-state index in [1.54, 1.807) is 28.0 Å². The molecule has 1 saturated heterocycles. The number of nitrogens with two attached hydrogens (primary N) is 1. The van der Waals surface area contributed by atoms with Crippen LogP contribution >= 0.6 is 11.6 Å². The number of carbonyl (C=O) groups excluding carboxylic acids is 2. The van der Waals surface area contributed by atoms with Gasteiger partial charge in [0.2, 0.25) is 11.8 Å². The molecule has 0 bridgehead atoms. The van der Waals surface area contributed by atoms with E-state index in [4.69, 9.17) is 17.3 Å². The van der Waals surface area contributed by atoms with Crippen molar-refractivity contribution >= 4 is 23.4 Å². The number of nitrogens with one attached hydrogen (secondary N) is 1. The molecule has 9 heteroatoms. The third-order valence-corrected chi connectivity index (χ3v) is 5.38. The maximum atomic E-state index is 12.9. The lowest BCUT2D eigenvalue weighted by Gasteiger charge is -2.29. The van der Waals surface area contributed by atoms with Gasteiger partial charge in [0, 0.05) is 18.1 Å². The van der Waals surface area contributed by atoms with Crippen molar-refractivity contribution in [3.05, 3.63) is 41.4 Å². The van der Waals surface area contributed by atoms with Gasteiger partial charge in [0.1, 0.15) is 18.7 Å². The second-order valence-corrected chi connectivity index (χ2v) is 9.33. The van der Waals surface area contributed by atoms with Crippen LogP contribution in [-0.2, 0) is 16.1 Å². The fourth-order valence-electron chi connectivity index (χ4n) is 3.82. The second-order valence-electron chi connectivity index (χ2n) is 8.89. The van der Waals surface area contributed by atoms with Gasteiger partial charge >= 0.3 is 0 Å². The van der Waals surface area contributed by atoms with E-state index >= 15 is 0 Å². The molecule has 2 aromatic rings. The molecule has 0 saturated carbocycles. The number of amides is 2. The molecule has 2 atom stereocenters. The lowest BCUT2D eigenvalue weighted by atomic mass is 9.88. The standard InChI is InChI=1S/C21H29ClN6O2/c1-21(2,3)10-16(23)20(30)27-8-4-5-18(27)19(29)25-11-14-9-15(22)6-7-17(14)28-13-24-12-26-28/h6-7,9,12-13,16,18H,4-5,8,10-11,23H2,1-3H3,(H,25,29). The fourth-order valence-corrected chi connectivity index (χ4v) is 4.01. The first-order valence-corrected chi connectivity index (χ1v) is 10.5. The normalized spacial score (nSPS) is 17.8. The Kier molecular flexibility index (Phi) is 6.77. The first-order chi connectivity index (χ1) is 14.2. The Balaban J connectivity index is 1.68. The van der Waals surface area contributed by atoms with Gasteiger partial charge in [-0.3, -0.25) is 9.59 Å². The summed E-state index contributed by atoms with van der Waals surface area (Å²) in [5, 5.41) is 7.66. The van der Waals surface area contributed by atoms with Gasteiger partial charge < -0.3 is 16.0 Å². The van der Waals surface area contributed by atoms with E-state index in [1.807, 2.05) is 26.8 Å². The Morgan fingerprint density at radius 3 is 2.80 bits per heavy atom. The van der Waals surface area contributed by atoms with E-state index in [2.05, 4.69) is 15.4 Å². The summed E-state index contributed by atoms with van der Waals surface area (Å²) in [7, 11) is 0. The van der Waals surface area contributed by atoms with Crippen LogP contribution in [0, 0.1) is 5.41 Å². The van der Waals surface area contributed by atoms with Gasteiger partial charge in [-0.15, -0.1) is 0 Å². The summed E-state index contributed by atoms with van der Waals surface area (Å²) in [6.07, 6.45) is 5.02. The number of hydrogen-bond donors (Lipinski definition) is 2. The molecule has 8 nitrogen and oxygen atoms in total. The summed E-state index contributed by atoms with van der Waals surface area (Å²) in [5.74, 6) is -0.345. The first kappa shape index (κ1) is 22.2. The Hall–Kier alpha value is -2.45. The Morgan fingerprint density at radius 2 is 2.13 bits per heavy atom. The molecule has 0 aliphatic carbocycles. The van der Waals surface area contributed by atoms with Crippen molar-refractivity contribution in [1.82, 2.24) is 25.0 Å².